The number of fused-ring (bicyclic) bond motifs is 1. The predicted molar refractivity (Wildman–Crippen MR) is 103 cm³/mol. The topological polar surface area (TPSA) is 108 Å². The van der Waals surface area contributed by atoms with Crippen LogP contribution in [0.1, 0.15) is 12.5 Å². The average Bonchev–Trinajstić information content (AvgIpc) is 2.96. The lowest BCUT2D eigenvalue weighted by molar-refractivity contribution is -0.143. The molecule has 10 heteroatoms. The molecule has 0 spiro atoms. The highest BCUT2D eigenvalue weighted by atomic mass is 35.5. The van der Waals surface area contributed by atoms with Gasteiger partial charge in [0.05, 0.1) is 17.0 Å². The van der Waals surface area contributed by atoms with Crippen molar-refractivity contribution >= 4 is 38.7 Å². The number of esters is 1. The van der Waals surface area contributed by atoms with Crippen LogP contribution in [0.5, 0.6) is 0 Å². The molecule has 0 radical (unpaired) electrons. The molecule has 0 bridgehead atoms. The summed E-state index contributed by atoms with van der Waals surface area (Å²) >= 11 is 5.81. The molecular formula is C18H17ClN2O6S. The highest BCUT2D eigenvalue weighted by Crippen LogP contribution is 2.19. The number of benzene rings is 2. The molecule has 8 nitrogen and oxygen atoms in total. The van der Waals surface area contributed by atoms with Crippen LogP contribution in [0.4, 0.5) is 0 Å². The largest absolute Gasteiger partial charge is 0.465 e. The van der Waals surface area contributed by atoms with Gasteiger partial charge in [-0.1, -0.05) is 23.7 Å². The molecule has 1 N–H and O–H groups in total. The first kappa shape index (κ1) is 20.1. The summed E-state index contributed by atoms with van der Waals surface area (Å²) < 4.78 is 38.5. The maximum Gasteiger partial charge on any atom is 0.420 e. The molecule has 0 amide bonds. The lowest BCUT2D eigenvalue weighted by atomic mass is 10.2. The van der Waals surface area contributed by atoms with E-state index >= 15 is 0 Å². The minimum absolute atomic E-state index is 0.0590. The SMILES string of the molecule is CCOC(=O)Cn1c(=O)oc2cc(S(=O)(=O)NCc3ccc(Cl)cc3)ccc21. The Morgan fingerprint density at radius 3 is 2.61 bits per heavy atom. The van der Waals surface area contributed by atoms with E-state index in [0.29, 0.717) is 10.5 Å². The Hall–Kier alpha value is -2.62. The summed E-state index contributed by atoms with van der Waals surface area (Å²) in [6, 6.07) is 10.7. The molecule has 3 aromatic rings. The second kappa shape index (κ2) is 8.17. The third-order valence-corrected chi connectivity index (χ3v) is 5.57. The summed E-state index contributed by atoms with van der Waals surface area (Å²) in [6.07, 6.45) is 0. The average molecular weight is 425 g/mol. The molecule has 0 aliphatic carbocycles. The predicted octanol–water partition coefficient (Wildman–Crippen LogP) is 2.29. The fraction of sp³-hybridized carbons (Fsp3) is 0.222. The van der Waals surface area contributed by atoms with Crippen LogP contribution in [-0.2, 0) is 32.6 Å². The maximum absolute atomic E-state index is 12.5. The number of carbonyl (C=O) groups excluding carboxylic acids is 1. The molecule has 0 saturated carbocycles. The molecule has 0 atom stereocenters. The third kappa shape index (κ3) is 4.44. The quantitative estimate of drug-likeness (QED) is 0.583. The lowest BCUT2D eigenvalue weighted by Crippen LogP contribution is -2.23. The standard InChI is InChI=1S/C18H17ClN2O6S/c1-2-26-17(22)11-21-15-8-7-14(9-16(15)27-18(21)23)28(24,25)20-10-12-3-5-13(19)6-4-12/h3-9,20H,2,10-11H2,1H3. The zero-order valence-corrected chi connectivity index (χ0v) is 16.4. The van der Waals surface area contributed by atoms with Crippen molar-refractivity contribution in [3.63, 3.8) is 0 Å². The number of sulfonamides is 1. The summed E-state index contributed by atoms with van der Waals surface area (Å²) in [4.78, 5) is 23.6. The lowest BCUT2D eigenvalue weighted by Gasteiger charge is -2.07. The van der Waals surface area contributed by atoms with Crippen molar-refractivity contribution in [1.82, 2.24) is 9.29 Å². The van der Waals surface area contributed by atoms with Crippen LogP contribution in [0.3, 0.4) is 0 Å². The molecule has 1 heterocycles. The van der Waals surface area contributed by atoms with Gasteiger partial charge < -0.3 is 9.15 Å². The van der Waals surface area contributed by atoms with E-state index in [-0.39, 0.29) is 30.2 Å². The molecule has 2 aromatic carbocycles. The van der Waals surface area contributed by atoms with Crippen molar-refractivity contribution in [2.75, 3.05) is 6.61 Å². The van der Waals surface area contributed by atoms with Crippen molar-refractivity contribution < 1.29 is 22.4 Å². The van der Waals surface area contributed by atoms with E-state index in [2.05, 4.69) is 4.72 Å². The summed E-state index contributed by atoms with van der Waals surface area (Å²) in [5.74, 6) is -1.36. The fourth-order valence-corrected chi connectivity index (χ4v) is 3.72. The number of halogens is 1. The molecule has 0 aliphatic rings. The Kier molecular flexibility index (Phi) is 5.87. The molecule has 1 aromatic heterocycles. The Morgan fingerprint density at radius 1 is 1.21 bits per heavy atom. The molecular weight excluding hydrogens is 408 g/mol. The second-order valence-electron chi connectivity index (χ2n) is 5.84. The number of aromatic nitrogens is 1. The normalized spacial score (nSPS) is 11.6. The van der Waals surface area contributed by atoms with Gasteiger partial charge in [-0.25, -0.2) is 17.9 Å². The van der Waals surface area contributed by atoms with Crippen molar-refractivity contribution in [3.8, 4) is 0 Å². The smallest absolute Gasteiger partial charge is 0.420 e. The van der Waals surface area contributed by atoms with Crippen LogP contribution in [-0.4, -0.2) is 25.6 Å². The van der Waals surface area contributed by atoms with E-state index in [1.54, 1.807) is 31.2 Å². The second-order valence-corrected chi connectivity index (χ2v) is 8.04. The van der Waals surface area contributed by atoms with Crippen LogP contribution >= 0.6 is 11.6 Å². The van der Waals surface area contributed by atoms with E-state index in [1.165, 1.54) is 18.2 Å². The van der Waals surface area contributed by atoms with Gasteiger partial charge in [0.15, 0.2) is 5.58 Å². The van der Waals surface area contributed by atoms with E-state index in [9.17, 15) is 18.0 Å². The first-order chi connectivity index (χ1) is 13.3. The zero-order chi connectivity index (χ0) is 20.3. The summed E-state index contributed by atoms with van der Waals surface area (Å²) in [6.45, 7) is 1.60. The van der Waals surface area contributed by atoms with Crippen molar-refractivity contribution in [2.24, 2.45) is 0 Å². The summed E-state index contributed by atoms with van der Waals surface area (Å²) in [7, 11) is -3.84. The summed E-state index contributed by atoms with van der Waals surface area (Å²) in [5, 5.41) is 0.555. The first-order valence-electron chi connectivity index (χ1n) is 8.33. The number of carbonyl (C=O) groups is 1. The maximum atomic E-state index is 12.5. The van der Waals surface area contributed by atoms with Crippen LogP contribution in [0.2, 0.25) is 5.02 Å². The van der Waals surface area contributed by atoms with Gasteiger partial charge in [-0.15, -0.1) is 0 Å². The van der Waals surface area contributed by atoms with Gasteiger partial charge in [0.25, 0.3) is 0 Å². The molecule has 0 aliphatic heterocycles. The monoisotopic (exact) mass is 424 g/mol. The number of nitrogens with zero attached hydrogens (tertiary/aromatic N) is 1. The van der Waals surface area contributed by atoms with E-state index in [1.807, 2.05) is 0 Å². The highest BCUT2D eigenvalue weighted by Gasteiger charge is 2.19. The number of rotatable bonds is 7. The Morgan fingerprint density at radius 2 is 1.93 bits per heavy atom. The van der Waals surface area contributed by atoms with Gasteiger partial charge >= 0.3 is 11.7 Å². The molecule has 148 valence electrons. The van der Waals surface area contributed by atoms with Crippen LogP contribution < -0.4 is 10.5 Å². The van der Waals surface area contributed by atoms with E-state index < -0.39 is 21.7 Å². The Labute approximate surface area is 165 Å². The van der Waals surface area contributed by atoms with Crippen LogP contribution in [0, 0.1) is 0 Å². The van der Waals surface area contributed by atoms with Gasteiger partial charge in [-0.3, -0.25) is 9.36 Å². The Balaban J connectivity index is 1.84. The minimum atomic E-state index is -3.84. The van der Waals surface area contributed by atoms with Crippen LogP contribution in [0.15, 0.2) is 56.6 Å². The molecule has 0 unspecified atom stereocenters. The number of hydrogen-bond donors (Lipinski definition) is 1. The van der Waals surface area contributed by atoms with Crippen molar-refractivity contribution in [2.45, 2.75) is 24.9 Å². The van der Waals surface area contributed by atoms with E-state index in [4.69, 9.17) is 20.8 Å². The fourth-order valence-electron chi connectivity index (χ4n) is 2.56. The van der Waals surface area contributed by atoms with Crippen molar-refractivity contribution in [3.05, 3.63) is 63.6 Å². The van der Waals surface area contributed by atoms with Crippen LogP contribution in [0.25, 0.3) is 11.1 Å². The third-order valence-electron chi connectivity index (χ3n) is 3.92. The molecule has 28 heavy (non-hydrogen) atoms. The minimum Gasteiger partial charge on any atom is -0.465 e. The Bertz CT molecular complexity index is 1160. The van der Waals surface area contributed by atoms with Crippen molar-refractivity contribution in [1.29, 1.82) is 0 Å². The van der Waals surface area contributed by atoms with Gasteiger partial charge in [-0.05, 0) is 36.8 Å². The molecule has 3 rings (SSSR count). The number of hydrogen-bond acceptors (Lipinski definition) is 6. The van der Waals surface area contributed by atoms with E-state index in [0.717, 1.165) is 10.1 Å². The van der Waals surface area contributed by atoms with Gasteiger partial charge in [0.1, 0.15) is 6.54 Å². The summed E-state index contributed by atoms with van der Waals surface area (Å²) in [5.41, 5.74) is 1.10. The first-order valence-corrected chi connectivity index (χ1v) is 10.2. The molecule has 0 fully saturated rings. The van der Waals surface area contributed by atoms with Gasteiger partial charge in [0, 0.05) is 17.6 Å². The number of ether oxygens (including phenoxy) is 1. The highest BCUT2D eigenvalue weighted by molar-refractivity contribution is 7.89. The van der Waals surface area contributed by atoms with Gasteiger partial charge in [-0.2, -0.15) is 0 Å². The molecule has 0 saturated heterocycles. The number of oxazole rings is 1. The number of nitrogens with one attached hydrogen (secondary N) is 1. The van der Waals surface area contributed by atoms with Gasteiger partial charge in [0.2, 0.25) is 10.0 Å². The zero-order valence-electron chi connectivity index (χ0n) is 14.8.